The summed E-state index contributed by atoms with van der Waals surface area (Å²) >= 11 is 20.7. The van der Waals surface area contributed by atoms with Crippen LogP contribution in [-0.4, -0.2) is 36.5 Å². The minimum absolute atomic E-state index is 0.0651. The molecule has 4 aromatic carbocycles. The number of amides is 1. The lowest BCUT2D eigenvalue weighted by atomic mass is 9.93. The number of benzene rings is 4. The van der Waals surface area contributed by atoms with Crippen LogP contribution in [0.25, 0.3) is 0 Å². The second-order valence-corrected chi connectivity index (χ2v) is 17.4. The van der Waals surface area contributed by atoms with Gasteiger partial charge in [-0.3, -0.25) is 9.59 Å². The predicted octanol–water partition coefficient (Wildman–Crippen LogP) is 10.8. The Hall–Kier alpha value is -3.61. The zero-order valence-electron chi connectivity index (χ0n) is 30.0. The maximum absolute atomic E-state index is 12.9. The van der Waals surface area contributed by atoms with Crippen LogP contribution < -0.4 is 25.4 Å². The van der Waals surface area contributed by atoms with E-state index in [-0.39, 0.29) is 25.2 Å². The third-order valence-electron chi connectivity index (χ3n) is 9.45. The van der Waals surface area contributed by atoms with E-state index in [9.17, 15) is 19.6 Å². The number of nitriles is 1. The fraction of sp³-hybridized carbons (Fsp3) is 0.317. The number of esters is 2. The molecule has 0 saturated heterocycles. The molecule has 15 heteroatoms. The van der Waals surface area contributed by atoms with Gasteiger partial charge in [-0.05, 0) is 168 Å². The molecule has 2 aliphatic rings. The highest BCUT2D eigenvalue weighted by Gasteiger charge is 2.21. The molecular formula is C41H37Br4ClN4O6. The molecular weight excluding hydrogens is 1000 g/mol. The molecule has 4 aromatic rings. The first-order chi connectivity index (χ1) is 26.9. The SMILES string of the molecule is N#Cc1cc(COc2c(Br)cc(CCC(=O)OC(=O)CNC(=O)c3cc(Br)c(OCc4cccc(NC5CCC5)c4Cl)c(Br)c3)cc2Br)cc(NC2CCC2)c1. The fourth-order valence-corrected chi connectivity index (χ4v) is 9.19. The predicted molar refractivity (Wildman–Crippen MR) is 229 cm³/mol. The highest BCUT2D eigenvalue weighted by atomic mass is 79.9. The van der Waals surface area contributed by atoms with Crippen molar-refractivity contribution in [1.82, 2.24) is 5.32 Å². The zero-order valence-corrected chi connectivity index (χ0v) is 37.1. The van der Waals surface area contributed by atoms with Crippen molar-refractivity contribution in [3.63, 3.8) is 0 Å². The Morgan fingerprint density at radius 1 is 0.768 bits per heavy atom. The van der Waals surface area contributed by atoms with Crippen molar-refractivity contribution in [2.24, 2.45) is 0 Å². The van der Waals surface area contributed by atoms with Crippen LogP contribution in [0.3, 0.4) is 0 Å². The summed E-state index contributed by atoms with van der Waals surface area (Å²) in [6, 6.07) is 21.3. The Labute approximate surface area is 363 Å². The Balaban J connectivity index is 0.946. The van der Waals surface area contributed by atoms with Gasteiger partial charge in [0.1, 0.15) is 31.3 Å². The molecule has 0 aliphatic heterocycles. The molecule has 2 aliphatic carbocycles. The minimum Gasteiger partial charge on any atom is -0.487 e. The van der Waals surface area contributed by atoms with Crippen molar-refractivity contribution in [3.8, 4) is 17.6 Å². The van der Waals surface area contributed by atoms with E-state index in [0.717, 1.165) is 53.7 Å². The largest absolute Gasteiger partial charge is 0.487 e. The second-order valence-electron chi connectivity index (χ2n) is 13.6. The fourth-order valence-electron chi connectivity index (χ4n) is 6.03. The summed E-state index contributed by atoms with van der Waals surface area (Å²) in [5, 5.41) is 19.6. The molecule has 3 N–H and O–H groups in total. The van der Waals surface area contributed by atoms with Crippen LogP contribution in [0.1, 0.15) is 77.6 Å². The van der Waals surface area contributed by atoms with Gasteiger partial charge in [-0.25, -0.2) is 4.79 Å². The third kappa shape index (κ3) is 11.3. The maximum atomic E-state index is 12.9. The number of aryl methyl sites for hydroxylation is 1. The lowest BCUT2D eigenvalue weighted by Gasteiger charge is -2.28. The first-order valence-electron chi connectivity index (χ1n) is 18.0. The molecule has 2 fully saturated rings. The molecule has 2 saturated carbocycles. The van der Waals surface area contributed by atoms with Crippen molar-refractivity contribution in [3.05, 3.63) is 111 Å². The Bertz CT molecular complexity index is 2130. The molecule has 10 nitrogen and oxygen atoms in total. The number of anilines is 2. The van der Waals surface area contributed by atoms with Crippen LogP contribution in [0, 0.1) is 11.3 Å². The average Bonchev–Trinajstić information content (AvgIpc) is 3.13. The molecule has 0 aromatic heterocycles. The van der Waals surface area contributed by atoms with Crippen LogP contribution in [0.15, 0.2) is 78.6 Å². The van der Waals surface area contributed by atoms with E-state index in [1.54, 1.807) is 18.2 Å². The van der Waals surface area contributed by atoms with Gasteiger partial charge >= 0.3 is 11.9 Å². The topological polar surface area (TPSA) is 139 Å². The summed E-state index contributed by atoms with van der Waals surface area (Å²) < 4.78 is 19.5. The lowest BCUT2D eigenvalue weighted by Crippen LogP contribution is -2.31. The van der Waals surface area contributed by atoms with E-state index in [1.165, 1.54) is 12.8 Å². The van der Waals surface area contributed by atoms with E-state index in [1.807, 2.05) is 42.5 Å². The number of ether oxygens (including phenoxy) is 3. The van der Waals surface area contributed by atoms with Gasteiger partial charge in [-0.1, -0.05) is 23.7 Å². The number of carbonyl (C=O) groups is 3. The minimum atomic E-state index is -0.884. The number of nitrogens with zero attached hydrogens (tertiary/aromatic N) is 1. The van der Waals surface area contributed by atoms with Gasteiger partial charge in [0.05, 0.1) is 46.7 Å². The molecule has 6 rings (SSSR count). The highest BCUT2D eigenvalue weighted by molar-refractivity contribution is 9.11. The molecule has 292 valence electrons. The molecule has 0 unspecified atom stereocenters. The van der Waals surface area contributed by atoms with Crippen LogP contribution in [-0.2, 0) is 34.0 Å². The first-order valence-corrected chi connectivity index (χ1v) is 21.6. The van der Waals surface area contributed by atoms with Gasteiger partial charge in [0.15, 0.2) is 0 Å². The van der Waals surface area contributed by atoms with Crippen LogP contribution in [0.2, 0.25) is 5.02 Å². The molecule has 56 heavy (non-hydrogen) atoms. The van der Waals surface area contributed by atoms with Gasteiger partial charge in [0, 0.05) is 28.9 Å². The van der Waals surface area contributed by atoms with Crippen molar-refractivity contribution < 1.29 is 28.6 Å². The van der Waals surface area contributed by atoms with Crippen molar-refractivity contribution >= 4 is 105 Å². The van der Waals surface area contributed by atoms with Gasteiger partial charge < -0.3 is 30.2 Å². The summed E-state index contributed by atoms with van der Waals surface area (Å²) in [6.45, 7) is -0.0515. The van der Waals surface area contributed by atoms with Crippen molar-refractivity contribution in [2.45, 2.75) is 76.7 Å². The quantitative estimate of drug-likeness (QED) is 0.0739. The maximum Gasteiger partial charge on any atom is 0.333 e. The van der Waals surface area contributed by atoms with E-state index in [4.69, 9.17) is 25.8 Å². The Morgan fingerprint density at radius 2 is 1.39 bits per heavy atom. The Kier molecular flexibility index (Phi) is 14.8. The first kappa shape index (κ1) is 42.0. The summed E-state index contributed by atoms with van der Waals surface area (Å²) in [5.41, 5.74) is 5.07. The summed E-state index contributed by atoms with van der Waals surface area (Å²) in [4.78, 5) is 37.9. The van der Waals surface area contributed by atoms with E-state index >= 15 is 0 Å². The van der Waals surface area contributed by atoms with Crippen LogP contribution in [0.4, 0.5) is 11.4 Å². The van der Waals surface area contributed by atoms with Gasteiger partial charge in [0.2, 0.25) is 0 Å². The zero-order chi connectivity index (χ0) is 39.8. The number of rotatable bonds is 16. The molecule has 0 radical (unpaired) electrons. The normalized spacial score (nSPS) is 13.8. The van der Waals surface area contributed by atoms with Gasteiger partial charge in [-0.15, -0.1) is 0 Å². The van der Waals surface area contributed by atoms with E-state index in [0.29, 0.717) is 58.5 Å². The number of nitrogens with one attached hydrogen (secondary N) is 3. The van der Waals surface area contributed by atoms with Gasteiger partial charge in [0.25, 0.3) is 5.91 Å². The molecule has 1 amide bonds. The van der Waals surface area contributed by atoms with Crippen LogP contribution >= 0.6 is 75.3 Å². The summed E-state index contributed by atoms with van der Waals surface area (Å²) in [7, 11) is 0. The number of hydrogen-bond acceptors (Lipinski definition) is 9. The third-order valence-corrected chi connectivity index (χ3v) is 12.3. The summed E-state index contributed by atoms with van der Waals surface area (Å²) in [5.74, 6) is -1.10. The molecule has 0 bridgehead atoms. The number of hydrogen-bond donors (Lipinski definition) is 3. The monoisotopic (exact) mass is 1030 g/mol. The molecule has 0 spiro atoms. The van der Waals surface area contributed by atoms with Crippen LogP contribution in [0.5, 0.6) is 11.5 Å². The standard InChI is InChI=1S/C41H37Br4ClN4O6/c42-31-15-23(16-32(43)39(31)54-21-25-12-24(19-47)13-30(14-25)49-28-5-2-6-28)10-11-36(51)56-37(52)20-48-41(53)27-17-33(44)40(34(45)18-27)55-22-26-4-1-9-35(38(26)46)50-29-7-3-8-29/h1,4,9,12-18,28-29,49-50H,2-3,5-8,10-11,20-22H2,(H,48,53). The number of carbonyl (C=O) groups excluding carboxylic acids is 3. The van der Waals surface area contributed by atoms with Crippen molar-refractivity contribution in [2.75, 3.05) is 17.2 Å². The second kappa shape index (κ2) is 19.7. The Morgan fingerprint density at radius 3 is 2.02 bits per heavy atom. The molecule has 0 heterocycles. The van der Waals surface area contributed by atoms with E-state index in [2.05, 4.69) is 85.7 Å². The summed E-state index contributed by atoms with van der Waals surface area (Å²) in [6.07, 6.45) is 7.16. The average molecular weight is 1040 g/mol. The molecule has 0 atom stereocenters. The van der Waals surface area contributed by atoms with Crippen molar-refractivity contribution in [1.29, 1.82) is 5.26 Å². The number of halogens is 5. The van der Waals surface area contributed by atoms with Gasteiger partial charge in [-0.2, -0.15) is 5.26 Å². The van der Waals surface area contributed by atoms with E-state index < -0.39 is 24.4 Å². The highest BCUT2D eigenvalue weighted by Crippen LogP contribution is 2.38. The smallest absolute Gasteiger partial charge is 0.333 e. The lowest BCUT2D eigenvalue weighted by molar-refractivity contribution is -0.158.